The maximum absolute atomic E-state index is 12.4. The van der Waals surface area contributed by atoms with Crippen molar-refractivity contribution in [1.29, 1.82) is 0 Å². The summed E-state index contributed by atoms with van der Waals surface area (Å²) in [7, 11) is -3.50. The van der Waals surface area contributed by atoms with E-state index in [1.165, 1.54) is 0 Å². The van der Waals surface area contributed by atoms with E-state index in [1.54, 1.807) is 20.8 Å². The molecule has 0 fully saturated rings. The Balaban J connectivity index is 2.59. The van der Waals surface area contributed by atoms with Gasteiger partial charge in [-0.3, -0.25) is 4.18 Å². The lowest BCUT2D eigenvalue weighted by molar-refractivity contribution is -0.147. The Kier molecular flexibility index (Phi) is 9.40. The Morgan fingerprint density at radius 2 is 1.75 bits per heavy atom. The normalized spacial score (nSPS) is 12.9. The third kappa shape index (κ3) is 11.6. The minimum Gasteiger partial charge on any atom is -0.459 e. The second kappa shape index (κ2) is 11.0. The van der Waals surface area contributed by atoms with Crippen LogP contribution in [0, 0.1) is 0 Å². The molecule has 0 spiro atoms. The molecule has 0 bridgehead atoms. The van der Waals surface area contributed by atoms with Gasteiger partial charge < -0.3 is 14.8 Å². The van der Waals surface area contributed by atoms with E-state index in [0.717, 1.165) is 11.8 Å². The molecule has 1 aromatic rings. The van der Waals surface area contributed by atoms with Gasteiger partial charge in [0.15, 0.2) is 0 Å². The van der Waals surface area contributed by atoms with Crippen LogP contribution in [0.4, 0.5) is 4.79 Å². The quantitative estimate of drug-likeness (QED) is 0.356. The van der Waals surface area contributed by atoms with Gasteiger partial charge in [-0.25, -0.2) is 9.59 Å². The smallest absolute Gasteiger partial charge is 0.408 e. The van der Waals surface area contributed by atoms with Crippen LogP contribution in [-0.2, 0) is 35.2 Å². The number of amides is 1. The van der Waals surface area contributed by atoms with Gasteiger partial charge in [-0.05, 0) is 45.6 Å². The van der Waals surface area contributed by atoms with Crippen LogP contribution in [-0.4, -0.2) is 45.0 Å². The number of carbonyl (C=O) groups excluding carboxylic acids is 2. The van der Waals surface area contributed by atoms with Crippen molar-refractivity contribution >= 4 is 22.2 Å². The van der Waals surface area contributed by atoms with Gasteiger partial charge in [0.2, 0.25) is 0 Å². The monoisotopic (exact) mass is 415 g/mol. The Labute approximate surface area is 166 Å². The van der Waals surface area contributed by atoms with Crippen LogP contribution in [0.5, 0.6) is 0 Å². The number of hydrogen-bond acceptors (Lipinski definition) is 7. The summed E-state index contributed by atoms with van der Waals surface area (Å²) in [5, 5.41) is 2.52. The Morgan fingerprint density at radius 1 is 1.11 bits per heavy atom. The third-order valence-corrected chi connectivity index (χ3v) is 3.98. The second-order valence-electron chi connectivity index (χ2n) is 7.31. The Bertz CT molecular complexity index is 726. The number of alkyl carbamates (subject to hydrolysis) is 1. The van der Waals surface area contributed by atoms with Crippen molar-refractivity contribution in [1.82, 2.24) is 5.32 Å². The predicted octanol–water partition coefficient (Wildman–Crippen LogP) is 2.77. The van der Waals surface area contributed by atoms with Gasteiger partial charge in [-0.2, -0.15) is 8.42 Å². The summed E-state index contributed by atoms with van der Waals surface area (Å²) >= 11 is 0. The first kappa shape index (κ1) is 23.9. The van der Waals surface area contributed by atoms with Crippen molar-refractivity contribution in [2.75, 3.05) is 12.9 Å². The lowest BCUT2D eigenvalue weighted by atomic mass is 10.1. The fourth-order valence-electron chi connectivity index (χ4n) is 2.19. The molecule has 0 unspecified atom stereocenters. The molecule has 158 valence electrons. The molecule has 1 aromatic carbocycles. The van der Waals surface area contributed by atoms with Crippen molar-refractivity contribution in [2.24, 2.45) is 0 Å². The number of ether oxygens (including phenoxy) is 2. The number of unbranched alkanes of at least 4 members (excludes halogenated alkanes) is 1. The number of carbonyl (C=O) groups is 2. The molecule has 0 saturated heterocycles. The molecule has 0 aliphatic rings. The van der Waals surface area contributed by atoms with Crippen LogP contribution in [0.2, 0.25) is 0 Å². The lowest BCUT2D eigenvalue weighted by Gasteiger charge is -2.23. The van der Waals surface area contributed by atoms with Crippen LogP contribution in [0.1, 0.15) is 45.6 Å². The summed E-state index contributed by atoms with van der Waals surface area (Å²) in [6, 6.07) is 8.27. The van der Waals surface area contributed by atoms with Gasteiger partial charge in [0.05, 0.1) is 12.9 Å². The fourth-order valence-corrected chi connectivity index (χ4v) is 2.61. The van der Waals surface area contributed by atoms with Crippen molar-refractivity contribution in [3.63, 3.8) is 0 Å². The third-order valence-electron chi connectivity index (χ3n) is 3.38. The topological polar surface area (TPSA) is 108 Å². The highest BCUT2D eigenvalue weighted by molar-refractivity contribution is 7.85. The minimum absolute atomic E-state index is 0.0110. The molecule has 1 N–H and O–H groups in total. The van der Waals surface area contributed by atoms with E-state index in [-0.39, 0.29) is 19.6 Å². The van der Waals surface area contributed by atoms with E-state index in [2.05, 4.69) is 9.50 Å². The Hall–Kier alpha value is -2.13. The molecule has 9 heteroatoms. The Morgan fingerprint density at radius 3 is 2.32 bits per heavy atom. The number of hydrogen-bond donors (Lipinski definition) is 1. The highest BCUT2D eigenvalue weighted by atomic mass is 32.2. The van der Waals surface area contributed by atoms with Crippen molar-refractivity contribution in [3.05, 3.63) is 35.9 Å². The van der Waals surface area contributed by atoms with Crippen LogP contribution in [0.15, 0.2) is 30.3 Å². The summed E-state index contributed by atoms with van der Waals surface area (Å²) in [6.45, 7) is 5.26. The molecular formula is C19H29NO7S. The zero-order valence-corrected chi connectivity index (χ0v) is 17.6. The zero-order valence-electron chi connectivity index (χ0n) is 16.8. The van der Waals surface area contributed by atoms with Gasteiger partial charge in [-0.15, -0.1) is 0 Å². The molecule has 1 atom stereocenters. The molecule has 0 radical (unpaired) electrons. The molecule has 0 saturated carbocycles. The van der Waals surface area contributed by atoms with Crippen molar-refractivity contribution in [3.8, 4) is 0 Å². The molecule has 8 nitrogen and oxygen atoms in total. The van der Waals surface area contributed by atoms with Crippen molar-refractivity contribution < 1.29 is 31.7 Å². The fraction of sp³-hybridized carbons (Fsp3) is 0.579. The molecule has 28 heavy (non-hydrogen) atoms. The van der Waals surface area contributed by atoms with E-state index >= 15 is 0 Å². The van der Waals surface area contributed by atoms with E-state index in [9.17, 15) is 18.0 Å². The van der Waals surface area contributed by atoms with Gasteiger partial charge in [0.25, 0.3) is 10.1 Å². The minimum atomic E-state index is -3.50. The highest BCUT2D eigenvalue weighted by Gasteiger charge is 2.25. The van der Waals surface area contributed by atoms with Gasteiger partial charge in [0.1, 0.15) is 18.2 Å². The first-order valence-corrected chi connectivity index (χ1v) is 10.8. The molecule has 0 heterocycles. The van der Waals surface area contributed by atoms with Crippen LogP contribution >= 0.6 is 0 Å². The standard InChI is InChI=1S/C19H29NO7S/c1-19(2,3)27-18(22)20-16(12-8-9-13-26-28(4,23)24)17(21)25-14-15-10-6-5-7-11-15/h5-7,10-11,16H,8-9,12-14H2,1-4H3,(H,20,22)/t16-/m1/s1. The molecule has 0 aliphatic heterocycles. The SMILES string of the molecule is CC(C)(C)OC(=O)N[C@H](CCCCOS(C)(=O)=O)C(=O)OCc1ccccc1. The van der Waals surface area contributed by atoms with Crippen LogP contribution in [0.25, 0.3) is 0 Å². The lowest BCUT2D eigenvalue weighted by Crippen LogP contribution is -2.44. The molecule has 1 amide bonds. The van der Waals surface area contributed by atoms with Crippen LogP contribution < -0.4 is 5.32 Å². The van der Waals surface area contributed by atoms with E-state index in [4.69, 9.17) is 9.47 Å². The average Bonchev–Trinajstić information content (AvgIpc) is 2.56. The number of esters is 1. The first-order chi connectivity index (χ1) is 13.0. The van der Waals surface area contributed by atoms with Gasteiger partial charge >= 0.3 is 12.1 Å². The van der Waals surface area contributed by atoms with Gasteiger partial charge in [-0.1, -0.05) is 30.3 Å². The zero-order chi connectivity index (χ0) is 21.2. The van der Waals surface area contributed by atoms with E-state index < -0.39 is 33.8 Å². The van der Waals surface area contributed by atoms with E-state index in [0.29, 0.717) is 12.8 Å². The summed E-state index contributed by atoms with van der Waals surface area (Å²) in [4.78, 5) is 24.4. The summed E-state index contributed by atoms with van der Waals surface area (Å²) < 4.78 is 37.1. The maximum atomic E-state index is 12.4. The van der Waals surface area contributed by atoms with E-state index in [1.807, 2.05) is 30.3 Å². The maximum Gasteiger partial charge on any atom is 0.408 e. The highest BCUT2D eigenvalue weighted by Crippen LogP contribution is 2.10. The summed E-state index contributed by atoms with van der Waals surface area (Å²) in [5.74, 6) is -0.584. The number of nitrogens with one attached hydrogen (secondary N) is 1. The first-order valence-electron chi connectivity index (χ1n) is 9.01. The second-order valence-corrected chi connectivity index (χ2v) is 8.96. The largest absolute Gasteiger partial charge is 0.459 e. The number of benzene rings is 1. The molecule has 0 aliphatic carbocycles. The molecular weight excluding hydrogens is 386 g/mol. The molecule has 0 aromatic heterocycles. The molecule has 1 rings (SSSR count). The predicted molar refractivity (Wildman–Crippen MR) is 104 cm³/mol. The van der Waals surface area contributed by atoms with Crippen molar-refractivity contribution in [2.45, 2.75) is 58.3 Å². The number of rotatable bonds is 10. The van der Waals surface area contributed by atoms with Crippen LogP contribution in [0.3, 0.4) is 0 Å². The average molecular weight is 416 g/mol. The summed E-state index contributed by atoms with van der Waals surface area (Å²) in [5.41, 5.74) is 0.125. The summed E-state index contributed by atoms with van der Waals surface area (Å²) in [6.07, 6.45) is 1.38. The van der Waals surface area contributed by atoms with Gasteiger partial charge in [0, 0.05) is 0 Å².